The number of aryl methyl sites for hydroxylation is 1. The van der Waals surface area contributed by atoms with E-state index in [1.54, 1.807) is 4.67 Å². The molecular weight excluding hydrogens is 302 g/mol. The summed E-state index contributed by atoms with van der Waals surface area (Å²) in [4.78, 5) is 13.9. The van der Waals surface area contributed by atoms with Gasteiger partial charge >= 0.3 is 0 Å². The van der Waals surface area contributed by atoms with E-state index in [0.717, 1.165) is 12.8 Å². The van der Waals surface area contributed by atoms with Crippen molar-refractivity contribution in [1.29, 1.82) is 0 Å². The summed E-state index contributed by atoms with van der Waals surface area (Å²) in [5, 5.41) is 0. The summed E-state index contributed by atoms with van der Waals surface area (Å²) in [5.41, 5.74) is 7.05. The molecule has 0 bridgehead atoms. The molecule has 5 nitrogen and oxygen atoms in total. The lowest BCUT2D eigenvalue weighted by molar-refractivity contribution is -0.153. The molecule has 2 rings (SSSR count). The average Bonchev–Trinajstić information content (AvgIpc) is 2.53. The van der Waals surface area contributed by atoms with Crippen LogP contribution in [0.1, 0.15) is 12.0 Å². The van der Waals surface area contributed by atoms with Gasteiger partial charge in [-0.05, 0) is 37.2 Å². The number of hydrogen-bond donors (Lipinski definition) is 1. The lowest BCUT2D eigenvalue weighted by Crippen LogP contribution is -2.62. The van der Waals surface area contributed by atoms with Gasteiger partial charge in [0.15, 0.2) is 5.96 Å². The number of β-lactam (4-membered cyclic amide) rings is 1. The van der Waals surface area contributed by atoms with Crippen molar-refractivity contribution in [3.8, 4) is 0 Å². The summed E-state index contributed by atoms with van der Waals surface area (Å²) >= 11 is 0. The van der Waals surface area contributed by atoms with Gasteiger partial charge in [0.1, 0.15) is 0 Å². The minimum absolute atomic E-state index is 0.0125. The van der Waals surface area contributed by atoms with Gasteiger partial charge in [-0.25, -0.2) is 4.76 Å². The van der Waals surface area contributed by atoms with Crippen molar-refractivity contribution in [1.82, 2.24) is 9.57 Å². The molecule has 114 valence electrons. The molecule has 1 aliphatic heterocycles. The topological polar surface area (TPSA) is 61.9 Å². The second-order valence-electron chi connectivity index (χ2n) is 5.29. The molecule has 1 amide bonds. The lowest BCUT2D eigenvalue weighted by atomic mass is 9.84. The van der Waals surface area contributed by atoms with Crippen molar-refractivity contribution >= 4 is 30.6 Å². The first-order valence-electron chi connectivity index (χ1n) is 6.90. The van der Waals surface area contributed by atoms with Crippen LogP contribution < -0.4 is 5.73 Å². The third-order valence-electron chi connectivity index (χ3n) is 4.02. The molecular formula is C14H22N4OP2. The number of carbonyl (C=O) groups is 1. The highest BCUT2D eigenvalue weighted by molar-refractivity contribution is 7.16. The van der Waals surface area contributed by atoms with E-state index in [4.69, 9.17) is 5.73 Å². The summed E-state index contributed by atoms with van der Waals surface area (Å²) in [5.74, 6) is 0.563. The predicted molar refractivity (Wildman–Crippen MR) is 92.6 cm³/mol. The summed E-state index contributed by atoms with van der Waals surface area (Å²) in [7, 11) is 6.62. The molecule has 1 aliphatic rings. The summed E-state index contributed by atoms with van der Waals surface area (Å²) in [6.45, 7) is 0.580. The molecule has 1 fully saturated rings. The molecule has 4 atom stereocenters. The number of carbonyl (C=O) groups excluding carboxylic acids is 1. The van der Waals surface area contributed by atoms with Crippen LogP contribution in [-0.2, 0) is 11.2 Å². The fourth-order valence-electron chi connectivity index (χ4n) is 2.71. The first kappa shape index (κ1) is 16.2. The highest BCUT2D eigenvalue weighted by Crippen LogP contribution is 2.30. The van der Waals surface area contributed by atoms with Gasteiger partial charge in [0.2, 0.25) is 5.91 Å². The second-order valence-corrected chi connectivity index (χ2v) is 6.17. The predicted octanol–water partition coefficient (Wildman–Crippen LogP) is 1.27. The van der Waals surface area contributed by atoms with Crippen molar-refractivity contribution < 1.29 is 4.79 Å². The molecule has 0 radical (unpaired) electrons. The van der Waals surface area contributed by atoms with Gasteiger partial charge in [-0.2, -0.15) is 0 Å². The van der Waals surface area contributed by atoms with E-state index in [1.165, 1.54) is 5.56 Å². The minimum atomic E-state index is -0.0125. The van der Waals surface area contributed by atoms with Crippen LogP contribution in [0.4, 0.5) is 0 Å². The monoisotopic (exact) mass is 324 g/mol. The third-order valence-corrected chi connectivity index (χ3v) is 4.76. The molecule has 21 heavy (non-hydrogen) atoms. The molecule has 1 aromatic rings. The standard InChI is InChI=1S/C14H22N4OP2/c1-17-12(8-7-10-5-3-2-4-6-10)11(13(17)19)9-18(21)14(15)16-20/h2-6,11-12H,7-9,20-21H2,1H3,(H2,15,16). The van der Waals surface area contributed by atoms with Crippen molar-refractivity contribution in [2.24, 2.45) is 16.4 Å². The molecule has 1 saturated heterocycles. The number of amides is 1. The minimum Gasteiger partial charge on any atom is -0.369 e. The first-order valence-corrected chi connectivity index (χ1v) is 7.94. The largest absolute Gasteiger partial charge is 0.369 e. The SMILES string of the molecule is CN1C(=O)C(CN(P)/C(N)=N\P)C1CCc1ccccc1. The number of hydrogen-bond acceptors (Lipinski definition) is 2. The van der Waals surface area contributed by atoms with Crippen LogP contribution >= 0.6 is 18.8 Å². The number of benzene rings is 1. The zero-order valence-corrected chi connectivity index (χ0v) is 14.5. The summed E-state index contributed by atoms with van der Waals surface area (Å²) in [6, 6.07) is 10.6. The molecule has 0 aliphatic carbocycles. The van der Waals surface area contributed by atoms with E-state index in [9.17, 15) is 4.79 Å². The Morgan fingerprint density at radius 1 is 1.43 bits per heavy atom. The molecule has 0 spiro atoms. The normalized spacial score (nSPS) is 22.1. The molecule has 0 saturated carbocycles. The van der Waals surface area contributed by atoms with Crippen molar-refractivity contribution in [2.45, 2.75) is 18.9 Å². The van der Waals surface area contributed by atoms with Crippen molar-refractivity contribution in [2.75, 3.05) is 13.6 Å². The smallest absolute Gasteiger partial charge is 0.229 e. The Morgan fingerprint density at radius 3 is 2.71 bits per heavy atom. The number of rotatable bonds is 5. The van der Waals surface area contributed by atoms with Gasteiger partial charge in [0.25, 0.3) is 0 Å². The van der Waals surface area contributed by atoms with Gasteiger partial charge in [0.05, 0.1) is 5.92 Å². The number of guanidine groups is 1. The molecule has 7 heteroatoms. The van der Waals surface area contributed by atoms with Gasteiger partial charge < -0.3 is 15.3 Å². The van der Waals surface area contributed by atoms with Gasteiger partial charge in [-0.15, -0.1) is 0 Å². The molecule has 0 aromatic heterocycles. The van der Waals surface area contributed by atoms with E-state index < -0.39 is 0 Å². The van der Waals surface area contributed by atoms with E-state index in [-0.39, 0.29) is 17.9 Å². The second kappa shape index (κ2) is 7.20. The van der Waals surface area contributed by atoms with E-state index in [2.05, 4.69) is 35.7 Å². The quantitative estimate of drug-likeness (QED) is 0.384. The highest BCUT2D eigenvalue weighted by Gasteiger charge is 2.44. The van der Waals surface area contributed by atoms with Crippen LogP contribution in [0.3, 0.4) is 0 Å². The Labute approximate surface area is 130 Å². The molecule has 1 aromatic carbocycles. The first-order chi connectivity index (χ1) is 10.0. The van der Waals surface area contributed by atoms with E-state index in [0.29, 0.717) is 12.5 Å². The number of likely N-dealkylation sites (tertiary alicyclic amines) is 1. The number of nitrogens with two attached hydrogens (primary N) is 1. The van der Waals surface area contributed by atoms with Crippen LogP contribution in [0.25, 0.3) is 0 Å². The van der Waals surface area contributed by atoms with Crippen LogP contribution in [-0.4, -0.2) is 41.1 Å². The fourth-order valence-corrected chi connectivity index (χ4v) is 3.29. The van der Waals surface area contributed by atoms with E-state index >= 15 is 0 Å². The van der Waals surface area contributed by atoms with Crippen LogP contribution in [0, 0.1) is 5.92 Å². The maximum Gasteiger partial charge on any atom is 0.229 e. The Balaban J connectivity index is 1.93. The molecule has 4 unspecified atom stereocenters. The Kier molecular flexibility index (Phi) is 5.55. The summed E-state index contributed by atoms with van der Waals surface area (Å²) < 4.78 is 5.60. The summed E-state index contributed by atoms with van der Waals surface area (Å²) in [6.07, 6.45) is 1.94. The zero-order valence-electron chi connectivity index (χ0n) is 12.1. The van der Waals surface area contributed by atoms with Gasteiger partial charge in [-0.1, -0.05) is 30.3 Å². The molecule has 2 N–H and O–H groups in total. The Bertz CT molecular complexity index is 523. The maximum atomic E-state index is 12.0. The zero-order chi connectivity index (χ0) is 15.4. The van der Waals surface area contributed by atoms with Crippen LogP contribution in [0.5, 0.6) is 0 Å². The third kappa shape index (κ3) is 3.72. The number of nitrogens with zero attached hydrogens (tertiary/aromatic N) is 3. The lowest BCUT2D eigenvalue weighted by Gasteiger charge is -2.46. The van der Waals surface area contributed by atoms with Crippen molar-refractivity contribution in [3.05, 3.63) is 35.9 Å². The Morgan fingerprint density at radius 2 is 2.10 bits per heavy atom. The van der Waals surface area contributed by atoms with Crippen LogP contribution in [0.15, 0.2) is 35.1 Å². The average molecular weight is 324 g/mol. The van der Waals surface area contributed by atoms with Crippen LogP contribution in [0.2, 0.25) is 0 Å². The van der Waals surface area contributed by atoms with Gasteiger partial charge in [0, 0.05) is 19.6 Å². The van der Waals surface area contributed by atoms with Gasteiger partial charge in [-0.3, -0.25) is 4.79 Å². The molecule has 1 heterocycles. The highest BCUT2D eigenvalue weighted by atomic mass is 31.0. The van der Waals surface area contributed by atoms with Crippen molar-refractivity contribution in [3.63, 3.8) is 0 Å². The fraction of sp³-hybridized carbons (Fsp3) is 0.429. The Hall–Kier alpha value is -1.18. The maximum absolute atomic E-state index is 12.0. The van der Waals surface area contributed by atoms with E-state index in [1.807, 2.05) is 30.1 Å².